The third kappa shape index (κ3) is 5.88. The van der Waals surface area contributed by atoms with Crippen molar-refractivity contribution in [1.29, 1.82) is 0 Å². The van der Waals surface area contributed by atoms with Crippen LogP contribution >= 0.6 is 0 Å². The number of hydrogen-bond donors (Lipinski definition) is 1. The van der Waals surface area contributed by atoms with Crippen molar-refractivity contribution in [3.05, 3.63) is 60.2 Å². The maximum Gasteiger partial charge on any atom is 0.224 e. The van der Waals surface area contributed by atoms with Crippen LogP contribution in [0.2, 0.25) is 0 Å². The van der Waals surface area contributed by atoms with E-state index in [1.165, 1.54) is 0 Å². The van der Waals surface area contributed by atoms with Crippen LogP contribution in [0.15, 0.2) is 48.8 Å². The summed E-state index contributed by atoms with van der Waals surface area (Å²) in [5.74, 6) is 0.0535. The number of pyridine rings is 2. The number of carbonyl (C=O) groups excluding carboxylic acids is 2. The van der Waals surface area contributed by atoms with Gasteiger partial charge in [0.05, 0.1) is 5.92 Å². The van der Waals surface area contributed by atoms with Crippen LogP contribution < -0.4 is 5.32 Å². The molecule has 0 saturated carbocycles. The van der Waals surface area contributed by atoms with Crippen molar-refractivity contribution in [2.45, 2.75) is 32.1 Å². The molecular weight excluding hydrogens is 340 g/mol. The van der Waals surface area contributed by atoms with Gasteiger partial charge in [0.1, 0.15) is 0 Å². The number of aromatic nitrogens is 2. The molecule has 0 unspecified atom stereocenters. The van der Waals surface area contributed by atoms with E-state index in [1.54, 1.807) is 17.3 Å². The van der Waals surface area contributed by atoms with Crippen LogP contribution in [0.4, 0.5) is 0 Å². The van der Waals surface area contributed by atoms with Gasteiger partial charge in [-0.1, -0.05) is 12.1 Å². The predicted molar refractivity (Wildman–Crippen MR) is 103 cm³/mol. The van der Waals surface area contributed by atoms with Crippen LogP contribution in [0, 0.1) is 5.92 Å². The van der Waals surface area contributed by atoms with Gasteiger partial charge in [0, 0.05) is 56.3 Å². The number of nitrogens with one attached hydrogen (secondary N) is 1. The molecule has 0 aliphatic carbocycles. The highest BCUT2D eigenvalue weighted by Crippen LogP contribution is 2.18. The van der Waals surface area contributed by atoms with E-state index < -0.39 is 0 Å². The van der Waals surface area contributed by atoms with E-state index in [0.717, 1.165) is 24.2 Å². The highest BCUT2D eigenvalue weighted by atomic mass is 16.2. The zero-order valence-electron chi connectivity index (χ0n) is 15.5. The van der Waals surface area contributed by atoms with Crippen LogP contribution in [-0.2, 0) is 22.4 Å². The minimum atomic E-state index is -0.124. The fraction of sp³-hybridized carbons (Fsp3) is 0.429. The molecule has 1 atom stereocenters. The van der Waals surface area contributed by atoms with Gasteiger partial charge in [-0.15, -0.1) is 0 Å². The summed E-state index contributed by atoms with van der Waals surface area (Å²) in [5.41, 5.74) is 2.00. The Morgan fingerprint density at radius 3 is 2.44 bits per heavy atom. The molecule has 27 heavy (non-hydrogen) atoms. The first kappa shape index (κ1) is 19.0. The van der Waals surface area contributed by atoms with Gasteiger partial charge in [-0.25, -0.2) is 0 Å². The summed E-state index contributed by atoms with van der Waals surface area (Å²) < 4.78 is 0. The van der Waals surface area contributed by atoms with Crippen LogP contribution in [0.25, 0.3) is 0 Å². The third-order valence-electron chi connectivity index (χ3n) is 4.87. The molecule has 1 aliphatic heterocycles. The van der Waals surface area contributed by atoms with Crippen molar-refractivity contribution in [3.63, 3.8) is 0 Å². The van der Waals surface area contributed by atoms with Gasteiger partial charge in [0.2, 0.25) is 11.8 Å². The summed E-state index contributed by atoms with van der Waals surface area (Å²) in [7, 11) is 0. The third-order valence-corrected chi connectivity index (χ3v) is 4.87. The van der Waals surface area contributed by atoms with Gasteiger partial charge in [0.25, 0.3) is 0 Å². The molecule has 0 radical (unpaired) electrons. The number of hydrogen-bond acceptors (Lipinski definition) is 4. The van der Waals surface area contributed by atoms with Crippen LogP contribution in [0.3, 0.4) is 0 Å². The van der Waals surface area contributed by atoms with E-state index in [9.17, 15) is 9.59 Å². The molecule has 1 N–H and O–H groups in total. The van der Waals surface area contributed by atoms with Crippen molar-refractivity contribution < 1.29 is 9.59 Å². The van der Waals surface area contributed by atoms with Crippen molar-refractivity contribution in [2.24, 2.45) is 5.92 Å². The van der Waals surface area contributed by atoms with Gasteiger partial charge in [0.15, 0.2) is 0 Å². The molecule has 2 aromatic rings. The average Bonchev–Trinajstić information content (AvgIpc) is 2.72. The minimum absolute atomic E-state index is 0.0476. The summed E-state index contributed by atoms with van der Waals surface area (Å²) in [6.07, 6.45) is 7.03. The molecule has 2 aromatic heterocycles. The summed E-state index contributed by atoms with van der Waals surface area (Å²) in [4.78, 5) is 35.0. The van der Waals surface area contributed by atoms with Gasteiger partial charge in [-0.3, -0.25) is 19.6 Å². The second kappa shape index (κ2) is 9.80. The molecule has 1 aliphatic rings. The first-order valence-corrected chi connectivity index (χ1v) is 9.57. The molecule has 2 amide bonds. The van der Waals surface area contributed by atoms with E-state index in [1.807, 2.05) is 36.4 Å². The Balaban J connectivity index is 1.41. The lowest BCUT2D eigenvalue weighted by molar-refractivity contribution is -0.138. The first-order valence-electron chi connectivity index (χ1n) is 9.57. The quantitative estimate of drug-likeness (QED) is 0.725. The fourth-order valence-corrected chi connectivity index (χ4v) is 3.31. The number of aryl methyl sites for hydroxylation is 1. The van der Waals surface area contributed by atoms with Crippen molar-refractivity contribution in [1.82, 2.24) is 20.2 Å². The molecule has 6 heteroatoms. The summed E-state index contributed by atoms with van der Waals surface area (Å²) in [6, 6.07) is 11.6. The topological polar surface area (TPSA) is 75.2 Å². The minimum Gasteiger partial charge on any atom is -0.356 e. The van der Waals surface area contributed by atoms with E-state index in [-0.39, 0.29) is 17.7 Å². The zero-order valence-corrected chi connectivity index (χ0v) is 15.5. The van der Waals surface area contributed by atoms with Gasteiger partial charge in [-0.2, -0.15) is 0 Å². The molecule has 3 heterocycles. The van der Waals surface area contributed by atoms with Crippen molar-refractivity contribution >= 4 is 11.8 Å². The van der Waals surface area contributed by atoms with E-state index in [4.69, 9.17) is 0 Å². The lowest BCUT2D eigenvalue weighted by Crippen LogP contribution is -2.46. The Morgan fingerprint density at radius 2 is 1.78 bits per heavy atom. The fourth-order valence-electron chi connectivity index (χ4n) is 3.31. The molecule has 1 fully saturated rings. The molecule has 0 aromatic carbocycles. The van der Waals surface area contributed by atoms with E-state index >= 15 is 0 Å². The lowest BCUT2D eigenvalue weighted by Gasteiger charge is -2.32. The average molecular weight is 366 g/mol. The zero-order chi connectivity index (χ0) is 18.9. The SMILES string of the molecule is O=C(NCCCc1ccccn1)[C@@H]1CCC(=O)N(CCc2ccccn2)C1. The second-order valence-corrected chi connectivity index (χ2v) is 6.86. The molecule has 3 rings (SSSR count). The molecule has 6 nitrogen and oxygen atoms in total. The summed E-state index contributed by atoms with van der Waals surface area (Å²) in [6.45, 7) is 1.74. The van der Waals surface area contributed by atoms with Gasteiger partial charge < -0.3 is 10.2 Å². The van der Waals surface area contributed by atoms with Gasteiger partial charge in [-0.05, 0) is 43.5 Å². The maximum absolute atomic E-state index is 12.5. The molecule has 1 saturated heterocycles. The summed E-state index contributed by atoms with van der Waals surface area (Å²) >= 11 is 0. The van der Waals surface area contributed by atoms with E-state index in [2.05, 4.69) is 15.3 Å². The lowest BCUT2D eigenvalue weighted by atomic mass is 9.96. The van der Waals surface area contributed by atoms with Crippen molar-refractivity contribution in [2.75, 3.05) is 19.6 Å². The summed E-state index contributed by atoms with van der Waals surface area (Å²) in [5, 5.41) is 3.01. The second-order valence-electron chi connectivity index (χ2n) is 6.86. The standard InChI is InChI=1S/C21H26N4O2/c26-20-10-9-17(16-25(20)15-11-19-7-2-4-13-23-19)21(27)24-14-5-8-18-6-1-3-12-22-18/h1-4,6-7,12-13,17H,5,8-11,14-16H2,(H,24,27)/t17-/m1/s1. The highest BCUT2D eigenvalue weighted by molar-refractivity contribution is 5.83. The first-order chi connectivity index (χ1) is 13.2. The van der Waals surface area contributed by atoms with Crippen LogP contribution in [0.1, 0.15) is 30.7 Å². The number of piperidine rings is 1. The Bertz CT molecular complexity index is 736. The Kier molecular flexibility index (Phi) is 6.90. The van der Waals surface area contributed by atoms with Crippen LogP contribution in [0.5, 0.6) is 0 Å². The van der Waals surface area contributed by atoms with Crippen molar-refractivity contribution in [3.8, 4) is 0 Å². The Morgan fingerprint density at radius 1 is 1.07 bits per heavy atom. The van der Waals surface area contributed by atoms with Gasteiger partial charge >= 0.3 is 0 Å². The van der Waals surface area contributed by atoms with Crippen LogP contribution in [-0.4, -0.2) is 46.3 Å². The molecule has 0 bridgehead atoms. The monoisotopic (exact) mass is 366 g/mol. The molecule has 142 valence electrons. The number of likely N-dealkylation sites (tertiary alicyclic amines) is 1. The number of carbonyl (C=O) groups is 2. The molecular formula is C21H26N4O2. The Labute approximate surface area is 160 Å². The number of nitrogens with zero attached hydrogens (tertiary/aromatic N) is 3. The number of amides is 2. The normalized spacial score (nSPS) is 17.0. The molecule has 0 spiro atoms. The largest absolute Gasteiger partial charge is 0.356 e. The number of rotatable bonds is 8. The highest BCUT2D eigenvalue weighted by Gasteiger charge is 2.29. The smallest absolute Gasteiger partial charge is 0.224 e. The maximum atomic E-state index is 12.5. The van der Waals surface area contributed by atoms with E-state index in [0.29, 0.717) is 38.9 Å². The predicted octanol–water partition coefficient (Wildman–Crippen LogP) is 2.01. The Hall–Kier alpha value is -2.76.